The highest BCUT2D eigenvalue weighted by molar-refractivity contribution is 6.30. The fourth-order valence-corrected chi connectivity index (χ4v) is 2.22. The van der Waals surface area contributed by atoms with Crippen molar-refractivity contribution >= 4 is 11.6 Å². The van der Waals surface area contributed by atoms with Gasteiger partial charge in [0.1, 0.15) is 24.2 Å². The van der Waals surface area contributed by atoms with Gasteiger partial charge < -0.3 is 20.3 Å². The van der Waals surface area contributed by atoms with Crippen LogP contribution in [-0.4, -0.2) is 29.5 Å². The average molecular weight is 322 g/mol. The number of rotatable bonds is 7. The van der Waals surface area contributed by atoms with Crippen molar-refractivity contribution < 1.29 is 14.9 Å². The van der Waals surface area contributed by atoms with Gasteiger partial charge in [-0.15, -0.1) is 0 Å². The highest BCUT2D eigenvalue weighted by Crippen LogP contribution is 2.21. The molecule has 0 spiro atoms. The number of aliphatic hydroxyl groups is 1. The van der Waals surface area contributed by atoms with Crippen LogP contribution >= 0.6 is 11.6 Å². The molecule has 0 aliphatic heterocycles. The summed E-state index contributed by atoms with van der Waals surface area (Å²) in [7, 11) is 0. The lowest BCUT2D eigenvalue weighted by molar-refractivity contribution is 0.106. The van der Waals surface area contributed by atoms with E-state index in [4.69, 9.17) is 16.3 Å². The number of benzene rings is 2. The van der Waals surface area contributed by atoms with Crippen LogP contribution in [0.5, 0.6) is 11.5 Å². The van der Waals surface area contributed by atoms with Crippen LogP contribution in [-0.2, 0) is 6.54 Å². The van der Waals surface area contributed by atoms with E-state index in [0.29, 0.717) is 23.7 Å². The second-order valence-electron chi connectivity index (χ2n) is 5.19. The van der Waals surface area contributed by atoms with E-state index in [1.54, 1.807) is 18.2 Å². The minimum Gasteiger partial charge on any atom is -0.508 e. The number of aromatic hydroxyl groups is 1. The number of ether oxygens (including phenoxy) is 1. The Hall–Kier alpha value is -1.75. The fraction of sp³-hybridized carbons (Fsp3) is 0.294. The number of aryl methyl sites for hydroxylation is 1. The number of aliphatic hydroxyl groups excluding tert-OH is 1. The largest absolute Gasteiger partial charge is 0.508 e. The van der Waals surface area contributed by atoms with Crippen LogP contribution in [0.25, 0.3) is 0 Å². The maximum Gasteiger partial charge on any atom is 0.120 e. The van der Waals surface area contributed by atoms with Crippen molar-refractivity contribution in [3.8, 4) is 11.5 Å². The molecule has 3 N–H and O–H groups in total. The van der Waals surface area contributed by atoms with Crippen LogP contribution in [0, 0.1) is 6.92 Å². The molecule has 2 aromatic carbocycles. The molecule has 0 heterocycles. The molecule has 0 aliphatic rings. The zero-order chi connectivity index (χ0) is 15.9. The highest BCUT2D eigenvalue weighted by atomic mass is 35.5. The number of phenolic OH excluding ortho intramolecular Hbond substituents is 1. The maximum atomic E-state index is 9.91. The first-order valence-corrected chi connectivity index (χ1v) is 7.48. The third-order valence-electron chi connectivity index (χ3n) is 3.17. The van der Waals surface area contributed by atoms with Crippen molar-refractivity contribution in [1.29, 1.82) is 0 Å². The zero-order valence-electron chi connectivity index (χ0n) is 12.4. The molecule has 5 heteroatoms. The highest BCUT2D eigenvalue weighted by Gasteiger charge is 2.07. The van der Waals surface area contributed by atoms with Crippen LogP contribution < -0.4 is 10.1 Å². The minimum absolute atomic E-state index is 0.183. The summed E-state index contributed by atoms with van der Waals surface area (Å²) in [4.78, 5) is 0. The van der Waals surface area contributed by atoms with Crippen LogP contribution in [0.4, 0.5) is 0 Å². The van der Waals surface area contributed by atoms with Crippen LogP contribution in [0.3, 0.4) is 0 Å². The van der Waals surface area contributed by atoms with Gasteiger partial charge in [-0.25, -0.2) is 0 Å². The normalized spacial score (nSPS) is 12.1. The SMILES string of the molecule is Cc1cccc(OCC(O)CNCc2cc(Cl)ccc2O)c1. The van der Waals surface area contributed by atoms with Gasteiger partial charge in [-0.2, -0.15) is 0 Å². The summed E-state index contributed by atoms with van der Waals surface area (Å²) in [5.74, 6) is 0.925. The first-order valence-electron chi connectivity index (χ1n) is 7.10. The zero-order valence-corrected chi connectivity index (χ0v) is 13.2. The molecular formula is C17H20ClNO3. The number of hydrogen-bond acceptors (Lipinski definition) is 4. The van der Waals surface area contributed by atoms with Crippen molar-refractivity contribution in [3.63, 3.8) is 0 Å². The molecule has 4 nitrogen and oxygen atoms in total. The molecule has 0 saturated carbocycles. The molecule has 0 radical (unpaired) electrons. The Bertz CT molecular complexity index is 619. The topological polar surface area (TPSA) is 61.7 Å². The Morgan fingerprint density at radius 3 is 2.82 bits per heavy atom. The Balaban J connectivity index is 1.73. The Morgan fingerprint density at radius 2 is 2.05 bits per heavy atom. The monoisotopic (exact) mass is 321 g/mol. The third kappa shape index (κ3) is 5.22. The van der Waals surface area contributed by atoms with Crippen LogP contribution in [0.1, 0.15) is 11.1 Å². The molecular weight excluding hydrogens is 302 g/mol. The van der Waals surface area contributed by atoms with Crippen molar-refractivity contribution in [2.24, 2.45) is 0 Å². The summed E-state index contributed by atoms with van der Waals surface area (Å²) >= 11 is 5.88. The van der Waals surface area contributed by atoms with Crippen molar-refractivity contribution in [1.82, 2.24) is 5.32 Å². The third-order valence-corrected chi connectivity index (χ3v) is 3.40. The molecule has 0 aromatic heterocycles. The summed E-state index contributed by atoms with van der Waals surface area (Å²) in [5, 5.41) is 23.2. The van der Waals surface area contributed by atoms with Crippen molar-refractivity contribution in [3.05, 3.63) is 58.6 Å². The smallest absolute Gasteiger partial charge is 0.120 e. The van der Waals surface area contributed by atoms with Gasteiger partial charge in [0, 0.05) is 23.7 Å². The van der Waals surface area contributed by atoms with E-state index in [2.05, 4.69) is 5.32 Å². The Morgan fingerprint density at radius 1 is 1.23 bits per heavy atom. The van der Waals surface area contributed by atoms with Crippen LogP contribution in [0.15, 0.2) is 42.5 Å². The lowest BCUT2D eigenvalue weighted by atomic mass is 10.2. The van der Waals surface area contributed by atoms with Gasteiger partial charge in [-0.05, 0) is 42.8 Å². The molecule has 0 aliphatic carbocycles. The summed E-state index contributed by atoms with van der Waals surface area (Å²) in [6.45, 7) is 2.98. The molecule has 118 valence electrons. The van der Waals surface area contributed by atoms with E-state index in [1.165, 1.54) is 0 Å². The van der Waals surface area contributed by atoms with E-state index in [1.807, 2.05) is 31.2 Å². The number of halogens is 1. The van der Waals surface area contributed by atoms with E-state index >= 15 is 0 Å². The predicted octanol–water partition coefficient (Wildman–Crippen LogP) is 2.88. The van der Waals surface area contributed by atoms with Gasteiger partial charge in [0.05, 0.1) is 0 Å². The van der Waals surface area contributed by atoms with Gasteiger partial charge in [-0.3, -0.25) is 0 Å². The average Bonchev–Trinajstić information content (AvgIpc) is 2.49. The molecule has 2 aromatic rings. The second-order valence-corrected chi connectivity index (χ2v) is 5.62. The fourth-order valence-electron chi connectivity index (χ4n) is 2.03. The minimum atomic E-state index is -0.637. The lowest BCUT2D eigenvalue weighted by Crippen LogP contribution is -2.31. The van der Waals surface area contributed by atoms with Crippen LogP contribution in [0.2, 0.25) is 5.02 Å². The van der Waals surface area contributed by atoms with Crippen molar-refractivity contribution in [2.75, 3.05) is 13.2 Å². The first-order chi connectivity index (χ1) is 10.5. The lowest BCUT2D eigenvalue weighted by Gasteiger charge is -2.14. The molecule has 1 unspecified atom stereocenters. The van der Waals surface area contributed by atoms with E-state index in [0.717, 1.165) is 11.3 Å². The van der Waals surface area contributed by atoms with Gasteiger partial charge in [0.25, 0.3) is 0 Å². The number of hydrogen-bond donors (Lipinski definition) is 3. The van der Waals surface area contributed by atoms with E-state index in [-0.39, 0.29) is 12.4 Å². The summed E-state index contributed by atoms with van der Waals surface area (Å²) in [6.07, 6.45) is -0.637. The molecule has 0 bridgehead atoms. The molecule has 0 fully saturated rings. The Labute approximate surface area is 135 Å². The molecule has 2 rings (SSSR count). The summed E-state index contributed by atoms with van der Waals surface area (Å²) in [5.41, 5.74) is 1.81. The predicted molar refractivity (Wildman–Crippen MR) is 87.5 cm³/mol. The quantitative estimate of drug-likeness (QED) is 0.734. The van der Waals surface area contributed by atoms with Gasteiger partial charge >= 0.3 is 0 Å². The van der Waals surface area contributed by atoms with E-state index in [9.17, 15) is 10.2 Å². The second kappa shape index (κ2) is 8.03. The molecule has 1 atom stereocenters. The Kier molecular flexibility index (Phi) is 6.07. The van der Waals surface area contributed by atoms with Gasteiger partial charge in [0.2, 0.25) is 0 Å². The number of nitrogens with one attached hydrogen (secondary N) is 1. The maximum absolute atomic E-state index is 9.91. The van der Waals surface area contributed by atoms with Gasteiger partial charge in [-0.1, -0.05) is 23.7 Å². The summed E-state index contributed by atoms with van der Waals surface area (Å²) in [6, 6.07) is 12.6. The van der Waals surface area contributed by atoms with E-state index < -0.39 is 6.10 Å². The number of phenols is 1. The van der Waals surface area contributed by atoms with Gasteiger partial charge in [0.15, 0.2) is 0 Å². The molecule has 0 saturated heterocycles. The molecule has 0 amide bonds. The summed E-state index contributed by atoms with van der Waals surface area (Å²) < 4.78 is 5.53. The molecule has 22 heavy (non-hydrogen) atoms. The van der Waals surface area contributed by atoms with Crippen molar-refractivity contribution in [2.45, 2.75) is 19.6 Å². The standard InChI is InChI=1S/C17H20ClNO3/c1-12-3-2-4-16(7-12)22-11-15(20)10-19-9-13-8-14(18)5-6-17(13)21/h2-8,15,19-21H,9-11H2,1H3. The first kappa shape index (κ1) is 16.6.